The first-order chi connectivity index (χ1) is 7.88. The predicted molar refractivity (Wildman–Crippen MR) is 72.9 cm³/mol. The molecule has 0 spiro atoms. The highest BCUT2D eigenvalue weighted by Crippen LogP contribution is 2.32. The van der Waals surface area contributed by atoms with Crippen LogP contribution in [0.2, 0.25) is 0 Å². The van der Waals surface area contributed by atoms with Crippen molar-refractivity contribution in [1.29, 1.82) is 0 Å². The van der Waals surface area contributed by atoms with Crippen molar-refractivity contribution >= 4 is 11.8 Å². The van der Waals surface area contributed by atoms with E-state index in [2.05, 4.69) is 30.5 Å². The summed E-state index contributed by atoms with van der Waals surface area (Å²) in [5.41, 5.74) is 1.28. The van der Waals surface area contributed by atoms with E-state index in [1.807, 2.05) is 31.7 Å². The molecule has 1 aliphatic rings. The number of hydrogen-bond acceptors (Lipinski definition) is 2. The highest BCUT2D eigenvalue weighted by Gasteiger charge is 2.28. The van der Waals surface area contributed by atoms with Crippen LogP contribution in [0.1, 0.15) is 32.3 Å². The maximum Gasteiger partial charge on any atom is 0.0720 e. The van der Waals surface area contributed by atoms with Crippen molar-refractivity contribution in [2.24, 2.45) is 0 Å². The lowest BCUT2D eigenvalue weighted by Gasteiger charge is -2.33. The molecule has 16 heavy (non-hydrogen) atoms. The van der Waals surface area contributed by atoms with Gasteiger partial charge < -0.3 is 4.74 Å². The molecule has 1 fully saturated rings. The van der Waals surface area contributed by atoms with Gasteiger partial charge in [0.2, 0.25) is 0 Å². The van der Waals surface area contributed by atoms with Gasteiger partial charge in [0.05, 0.1) is 12.7 Å². The Bertz CT molecular complexity index is 267. The maximum absolute atomic E-state index is 5.78. The zero-order valence-electron chi connectivity index (χ0n) is 10.5. The number of hydrogen-bond donors (Lipinski definition) is 0. The Morgan fingerprint density at radius 1 is 1.19 bits per heavy atom. The summed E-state index contributed by atoms with van der Waals surface area (Å²) < 4.78 is 5.78. The SMILES string of the molecule is CC.CSC1CC(OCc2ccccc2)C1. The van der Waals surface area contributed by atoms with Crippen LogP contribution in [0, 0.1) is 0 Å². The largest absolute Gasteiger partial charge is 0.373 e. The standard InChI is InChI=1S/C12H16OS.C2H6/c1-14-12-7-11(8-12)13-9-10-5-3-2-4-6-10;1-2/h2-6,11-12H,7-9H2,1H3;1-2H3. The van der Waals surface area contributed by atoms with Crippen LogP contribution in [0.3, 0.4) is 0 Å². The Morgan fingerprint density at radius 2 is 1.81 bits per heavy atom. The second-order valence-electron chi connectivity index (χ2n) is 3.75. The molecule has 1 nitrogen and oxygen atoms in total. The summed E-state index contributed by atoms with van der Waals surface area (Å²) in [5.74, 6) is 0. The summed E-state index contributed by atoms with van der Waals surface area (Å²) in [5, 5.41) is 0.843. The van der Waals surface area contributed by atoms with Crippen molar-refractivity contribution in [3.63, 3.8) is 0 Å². The van der Waals surface area contributed by atoms with Crippen LogP contribution in [0.4, 0.5) is 0 Å². The molecule has 0 heterocycles. The molecule has 0 aliphatic heterocycles. The van der Waals surface area contributed by atoms with Gasteiger partial charge in [-0.15, -0.1) is 0 Å². The van der Waals surface area contributed by atoms with Crippen molar-refractivity contribution < 1.29 is 4.74 Å². The lowest BCUT2D eigenvalue weighted by atomic mass is 9.95. The summed E-state index contributed by atoms with van der Waals surface area (Å²) >= 11 is 1.96. The zero-order chi connectivity index (χ0) is 11.8. The molecule has 0 atom stereocenters. The first kappa shape index (κ1) is 13.6. The molecule has 0 saturated heterocycles. The van der Waals surface area contributed by atoms with Crippen LogP contribution in [0.15, 0.2) is 30.3 Å². The first-order valence-corrected chi connectivity index (χ1v) is 7.35. The molecule has 0 radical (unpaired) electrons. The molecule has 1 saturated carbocycles. The summed E-state index contributed by atoms with van der Waals surface area (Å²) in [7, 11) is 0. The highest BCUT2D eigenvalue weighted by atomic mass is 32.2. The molecular formula is C14H22OS. The fourth-order valence-electron chi connectivity index (χ4n) is 1.63. The van der Waals surface area contributed by atoms with Gasteiger partial charge in [0.15, 0.2) is 0 Å². The summed E-state index contributed by atoms with van der Waals surface area (Å²) in [6.07, 6.45) is 5.15. The Labute approximate surface area is 104 Å². The number of ether oxygens (including phenoxy) is 1. The van der Waals surface area contributed by atoms with Gasteiger partial charge in [-0.1, -0.05) is 44.2 Å². The van der Waals surface area contributed by atoms with Crippen molar-refractivity contribution in [2.45, 2.75) is 44.6 Å². The molecule has 0 bridgehead atoms. The average Bonchev–Trinajstić information content (AvgIpc) is 2.31. The van der Waals surface area contributed by atoms with Crippen LogP contribution in [-0.2, 0) is 11.3 Å². The van der Waals surface area contributed by atoms with Crippen LogP contribution in [-0.4, -0.2) is 17.6 Å². The van der Waals surface area contributed by atoms with E-state index in [1.54, 1.807) is 0 Å². The second-order valence-corrected chi connectivity index (χ2v) is 4.89. The van der Waals surface area contributed by atoms with Crippen molar-refractivity contribution in [1.82, 2.24) is 0 Å². The van der Waals surface area contributed by atoms with Crippen LogP contribution < -0.4 is 0 Å². The fraction of sp³-hybridized carbons (Fsp3) is 0.571. The Kier molecular flexibility index (Phi) is 6.58. The van der Waals surface area contributed by atoms with E-state index in [0.717, 1.165) is 11.9 Å². The molecule has 0 amide bonds. The highest BCUT2D eigenvalue weighted by molar-refractivity contribution is 7.99. The van der Waals surface area contributed by atoms with Gasteiger partial charge in [-0.3, -0.25) is 0 Å². The van der Waals surface area contributed by atoms with Crippen LogP contribution in [0.25, 0.3) is 0 Å². The lowest BCUT2D eigenvalue weighted by molar-refractivity contribution is -0.00493. The third-order valence-electron chi connectivity index (χ3n) is 2.71. The number of benzene rings is 1. The van der Waals surface area contributed by atoms with E-state index in [0.29, 0.717) is 6.10 Å². The first-order valence-electron chi connectivity index (χ1n) is 6.07. The lowest BCUT2D eigenvalue weighted by Crippen LogP contribution is -2.33. The predicted octanol–water partition coefficient (Wildman–Crippen LogP) is 4.12. The van der Waals surface area contributed by atoms with E-state index in [4.69, 9.17) is 4.74 Å². The van der Waals surface area contributed by atoms with Crippen molar-refractivity contribution in [2.75, 3.05) is 6.26 Å². The molecule has 1 aliphatic carbocycles. The van der Waals surface area contributed by atoms with Gasteiger partial charge >= 0.3 is 0 Å². The van der Waals surface area contributed by atoms with Gasteiger partial charge in [-0.25, -0.2) is 0 Å². The maximum atomic E-state index is 5.78. The van der Waals surface area contributed by atoms with E-state index in [9.17, 15) is 0 Å². The Balaban J connectivity index is 0.000000606. The minimum Gasteiger partial charge on any atom is -0.373 e. The Hall–Kier alpha value is -0.470. The van der Waals surface area contributed by atoms with E-state index in [-0.39, 0.29) is 0 Å². The van der Waals surface area contributed by atoms with Gasteiger partial charge in [-0.2, -0.15) is 11.8 Å². The molecule has 0 N–H and O–H groups in total. The molecule has 2 rings (SSSR count). The Morgan fingerprint density at radius 3 is 2.38 bits per heavy atom. The smallest absolute Gasteiger partial charge is 0.0720 e. The molecule has 2 heteroatoms. The molecule has 0 aromatic heterocycles. The molecule has 1 aromatic rings. The molecular weight excluding hydrogens is 216 g/mol. The second kappa shape index (κ2) is 7.75. The van der Waals surface area contributed by atoms with Gasteiger partial charge in [0.1, 0.15) is 0 Å². The van der Waals surface area contributed by atoms with Gasteiger partial charge in [0.25, 0.3) is 0 Å². The summed E-state index contributed by atoms with van der Waals surface area (Å²) in [6, 6.07) is 10.4. The topological polar surface area (TPSA) is 9.23 Å². The van der Waals surface area contributed by atoms with Gasteiger partial charge in [-0.05, 0) is 24.7 Å². The normalized spacial score (nSPS) is 22.9. The van der Waals surface area contributed by atoms with Crippen molar-refractivity contribution in [3.05, 3.63) is 35.9 Å². The van der Waals surface area contributed by atoms with E-state index < -0.39 is 0 Å². The molecule has 90 valence electrons. The molecule has 0 unspecified atom stereocenters. The number of thioether (sulfide) groups is 1. The minimum atomic E-state index is 0.507. The summed E-state index contributed by atoms with van der Waals surface area (Å²) in [4.78, 5) is 0. The number of rotatable bonds is 4. The fourth-order valence-corrected chi connectivity index (χ4v) is 2.45. The van der Waals surface area contributed by atoms with Crippen molar-refractivity contribution in [3.8, 4) is 0 Å². The summed E-state index contributed by atoms with van der Waals surface area (Å²) in [6.45, 7) is 4.77. The zero-order valence-corrected chi connectivity index (χ0v) is 11.3. The van der Waals surface area contributed by atoms with E-state index >= 15 is 0 Å². The monoisotopic (exact) mass is 238 g/mol. The van der Waals surface area contributed by atoms with Gasteiger partial charge in [0, 0.05) is 5.25 Å². The minimum absolute atomic E-state index is 0.507. The van der Waals surface area contributed by atoms with Crippen LogP contribution >= 0.6 is 11.8 Å². The average molecular weight is 238 g/mol. The molecule has 1 aromatic carbocycles. The van der Waals surface area contributed by atoms with Crippen LogP contribution in [0.5, 0.6) is 0 Å². The quantitative estimate of drug-likeness (QED) is 0.780. The third kappa shape index (κ3) is 4.18. The van der Waals surface area contributed by atoms with E-state index in [1.165, 1.54) is 18.4 Å². The third-order valence-corrected chi connectivity index (χ3v) is 3.76.